The molecular weight excluding hydrogens is 244 g/mol. The Balaban J connectivity index is 1.71. The molecule has 2 aromatic rings. The average molecular weight is 262 g/mol. The van der Waals surface area contributed by atoms with Crippen molar-refractivity contribution in [3.63, 3.8) is 0 Å². The maximum absolute atomic E-state index is 5.61. The van der Waals surface area contributed by atoms with Crippen LogP contribution in [-0.4, -0.2) is 35.0 Å². The zero-order valence-electron chi connectivity index (χ0n) is 10.5. The summed E-state index contributed by atoms with van der Waals surface area (Å²) in [6, 6.07) is 6.04. The van der Waals surface area contributed by atoms with Gasteiger partial charge in [-0.2, -0.15) is 0 Å². The summed E-state index contributed by atoms with van der Waals surface area (Å²) in [5.74, 6) is 0. The predicted molar refractivity (Wildman–Crippen MR) is 75.7 cm³/mol. The first-order chi connectivity index (χ1) is 8.74. The molecule has 2 rings (SSSR count). The van der Waals surface area contributed by atoms with Gasteiger partial charge in [0.15, 0.2) is 5.13 Å². The molecule has 0 aromatic carbocycles. The minimum absolute atomic E-state index is 0.654. The van der Waals surface area contributed by atoms with Gasteiger partial charge in [0, 0.05) is 43.2 Å². The van der Waals surface area contributed by atoms with Gasteiger partial charge in [0.2, 0.25) is 0 Å². The zero-order valence-corrected chi connectivity index (χ0v) is 11.4. The van der Waals surface area contributed by atoms with Gasteiger partial charge < -0.3 is 10.6 Å². The van der Waals surface area contributed by atoms with Crippen LogP contribution in [0.1, 0.15) is 11.4 Å². The Bertz CT molecular complexity index is 469. The van der Waals surface area contributed by atoms with E-state index in [1.807, 2.05) is 23.7 Å². The van der Waals surface area contributed by atoms with Crippen molar-refractivity contribution in [3.05, 3.63) is 41.2 Å². The molecule has 96 valence electrons. The smallest absolute Gasteiger partial charge is 0.180 e. The van der Waals surface area contributed by atoms with Crippen molar-refractivity contribution in [3.8, 4) is 0 Å². The van der Waals surface area contributed by atoms with E-state index in [4.69, 9.17) is 5.73 Å². The Morgan fingerprint density at radius 1 is 1.22 bits per heavy atom. The second-order valence-electron chi connectivity index (χ2n) is 4.30. The molecule has 5 heteroatoms. The van der Waals surface area contributed by atoms with E-state index >= 15 is 0 Å². The topological polar surface area (TPSA) is 55.0 Å². The van der Waals surface area contributed by atoms with Crippen molar-refractivity contribution >= 4 is 16.5 Å². The van der Waals surface area contributed by atoms with Crippen molar-refractivity contribution in [1.82, 2.24) is 14.9 Å². The number of rotatable bonds is 6. The van der Waals surface area contributed by atoms with Crippen molar-refractivity contribution < 1.29 is 0 Å². The molecular formula is C13H18N4S. The lowest BCUT2D eigenvalue weighted by Crippen LogP contribution is -2.24. The number of likely N-dealkylation sites (N-methyl/N-ethyl adjacent to an activating group) is 1. The number of anilines is 1. The first kappa shape index (κ1) is 13.0. The summed E-state index contributed by atoms with van der Waals surface area (Å²) < 4.78 is 0. The van der Waals surface area contributed by atoms with Gasteiger partial charge in [0.05, 0.1) is 5.69 Å². The van der Waals surface area contributed by atoms with Crippen LogP contribution in [0, 0.1) is 0 Å². The van der Waals surface area contributed by atoms with Crippen LogP contribution in [0.15, 0.2) is 29.8 Å². The van der Waals surface area contributed by atoms with Crippen LogP contribution in [0.3, 0.4) is 0 Å². The predicted octanol–water partition coefficient (Wildman–Crippen LogP) is 1.84. The molecule has 0 bridgehead atoms. The highest BCUT2D eigenvalue weighted by Crippen LogP contribution is 2.11. The Morgan fingerprint density at radius 3 is 2.61 bits per heavy atom. The van der Waals surface area contributed by atoms with Crippen LogP contribution >= 0.6 is 11.3 Å². The van der Waals surface area contributed by atoms with E-state index in [-0.39, 0.29) is 0 Å². The summed E-state index contributed by atoms with van der Waals surface area (Å²) in [7, 11) is 2.12. The van der Waals surface area contributed by atoms with Crippen LogP contribution in [0.25, 0.3) is 0 Å². The summed E-state index contributed by atoms with van der Waals surface area (Å²) in [5.41, 5.74) is 7.83. The van der Waals surface area contributed by atoms with E-state index in [1.165, 1.54) is 11.3 Å². The average Bonchev–Trinajstić information content (AvgIpc) is 2.81. The number of hydrogen-bond acceptors (Lipinski definition) is 5. The second kappa shape index (κ2) is 6.47. The quantitative estimate of drug-likeness (QED) is 0.863. The number of thiazole rings is 1. The molecule has 0 spiro atoms. The van der Waals surface area contributed by atoms with E-state index in [0.29, 0.717) is 5.13 Å². The molecule has 4 nitrogen and oxygen atoms in total. The maximum atomic E-state index is 5.61. The SMILES string of the molecule is CN(CCc1ccccn1)CCc1csc(N)n1. The van der Waals surface area contributed by atoms with E-state index < -0.39 is 0 Å². The number of aromatic nitrogens is 2. The first-order valence-corrected chi connectivity index (χ1v) is 6.90. The minimum atomic E-state index is 0.654. The van der Waals surface area contributed by atoms with Gasteiger partial charge in [-0.1, -0.05) is 6.07 Å². The van der Waals surface area contributed by atoms with Gasteiger partial charge in [-0.25, -0.2) is 4.98 Å². The van der Waals surface area contributed by atoms with Gasteiger partial charge in [-0.3, -0.25) is 4.98 Å². The van der Waals surface area contributed by atoms with Crippen molar-refractivity contribution in [1.29, 1.82) is 0 Å². The fourth-order valence-electron chi connectivity index (χ4n) is 1.71. The summed E-state index contributed by atoms with van der Waals surface area (Å²) in [5, 5.41) is 2.68. The Labute approximate surface area is 111 Å². The van der Waals surface area contributed by atoms with Crippen molar-refractivity contribution in [2.75, 3.05) is 25.9 Å². The first-order valence-electron chi connectivity index (χ1n) is 6.02. The number of pyridine rings is 1. The molecule has 0 saturated carbocycles. The highest BCUT2D eigenvalue weighted by atomic mass is 32.1. The van der Waals surface area contributed by atoms with Crippen molar-refractivity contribution in [2.45, 2.75) is 12.8 Å². The third kappa shape index (κ3) is 4.09. The number of nitrogens with two attached hydrogens (primary N) is 1. The molecule has 18 heavy (non-hydrogen) atoms. The largest absolute Gasteiger partial charge is 0.375 e. The molecule has 0 fully saturated rings. The number of hydrogen-bond donors (Lipinski definition) is 1. The lowest BCUT2D eigenvalue weighted by atomic mass is 10.2. The van der Waals surface area contributed by atoms with Gasteiger partial charge in [-0.05, 0) is 19.2 Å². The molecule has 0 atom stereocenters. The monoisotopic (exact) mass is 262 g/mol. The second-order valence-corrected chi connectivity index (χ2v) is 5.19. The molecule has 0 aliphatic heterocycles. The summed E-state index contributed by atoms with van der Waals surface area (Å²) in [6.45, 7) is 2.01. The molecule has 2 aromatic heterocycles. The van der Waals surface area contributed by atoms with Gasteiger partial charge in [0.25, 0.3) is 0 Å². The minimum Gasteiger partial charge on any atom is -0.375 e. The third-order valence-electron chi connectivity index (χ3n) is 2.79. The Morgan fingerprint density at radius 2 is 2.00 bits per heavy atom. The van der Waals surface area contributed by atoms with Gasteiger partial charge >= 0.3 is 0 Å². The summed E-state index contributed by atoms with van der Waals surface area (Å²) >= 11 is 1.50. The van der Waals surface area contributed by atoms with E-state index in [2.05, 4.69) is 28.0 Å². The summed E-state index contributed by atoms with van der Waals surface area (Å²) in [6.07, 6.45) is 3.77. The lowest BCUT2D eigenvalue weighted by molar-refractivity contribution is 0.340. The lowest BCUT2D eigenvalue weighted by Gasteiger charge is -2.15. The normalized spacial score (nSPS) is 11.0. The fraction of sp³-hybridized carbons (Fsp3) is 0.385. The standard InChI is InChI=1S/C13H18N4S/c1-17(8-5-11-4-2-3-7-15-11)9-6-12-10-18-13(14)16-12/h2-4,7,10H,5-6,8-9H2,1H3,(H2,14,16). The molecule has 0 amide bonds. The van der Waals surface area contributed by atoms with Gasteiger partial charge in [0.1, 0.15) is 0 Å². The zero-order chi connectivity index (χ0) is 12.8. The van der Waals surface area contributed by atoms with Gasteiger partial charge in [-0.15, -0.1) is 11.3 Å². The molecule has 0 aliphatic rings. The number of nitrogen functional groups attached to an aromatic ring is 1. The highest BCUT2D eigenvalue weighted by molar-refractivity contribution is 7.13. The Hall–Kier alpha value is -1.46. The third-order valence-corrected chi connectivity index (χ3v) is 3.52. The Kier molecular flexibility index (Phi) is 4.66. The molecule has 0 aliphatic carbocycles. The van der Waals surface area contributed by atoms with Crippen LogP contribution < -0.4 is 5.73 Å². The van der Waals surface area contributed by atoms with Crippen molar-refractivity contribution in [2.24, 2.45) is 0 Å². The highest BCUT2D eigenvalue weighted by Gasteiger charge is 2.03. The van der Waals surface area contributed by atoms with Crippen LogP contribution in [-0.2, 0) is 12.8 Å². The molecule has 0 saturated heterocycles. The molecule has 2 heterocycles. The maximum Gasteiger partial charge on any atom is 0.180 e. The van der Waals surface area contributed by atoms with E-state index in [0.717, 1.165) is 37.3 Å². The van der Waals surface area contributed by atoms with Crippen LogP contribution in [0.5, 0.6) is 0 Å². The van der Waals surface area contributed by atoms with E-state index in [1.54, 1.807) is 0 Å². The molecule has 0 radical (unpaired) electrons. The van der Waals surface area contributed by atoms with Crippen LogP contribution in [0.4, 0.5) is 5.13 Å². The van der Waals surface area contributed by atoms with Crippen LogP contribution in [0.2, 0.25) is 0 Å². The van der Waals surface area contributed by atoms with E-state index in [9.17, 15) is 0 Å². The summed E-state index contributed by atoms with van der Waals surface area (Å²) in [4.78, 5) is 10.9. The fourth-order valence-corrected chi connectivity index (χ4v) is 2.30. The molecule has 2 N–H and O–H groups in total. The molecule has 0 unspecified atom stereocenters. The number of nitrogens with zero attached hydrogens (tertiary/aromatic N) is 3.